The van der Waals surface area contributed by atoms with E-state index in [2.05, 4.69) is 0 Å². The van der Waals surface area contributed by atoms with Gasteiger partial charge in [-0.15, -0.1) is 0 Å². The molecule has 9 heteroatoms. The molecule has 2 unspecified atom stereocenters. The Labute approximate surface area is 169 Å². The summed E-state index contributed by atoms with van der Waals surface area (Å²) in [6.45, 7) is 0. The summed E-state index contributed by atoms with van der Waals surface area (Å²) in [5.74, 6) is -0.942. The summed E-state index contributed by atoms with van der Waals surface area (Å²) < 4.78 is 28.0. The Hall–Kier alpha value is -2.39. The molecule has 1 aromatic heterocycles. The predicted molar refractivity (Wildman–Crippen MR) is 107 cm³/mol. The zero-order chi connectivity index (χ0) is 20.3. The second-order valence-electron chi connectivity index (χ2n) is 6.23. The number of nitrogens with zero attached hydrogens (tertiary/aromatic N) is 2. The average Bonchev–Trinajstić information content (AvgIpc) is 3.06. The molecule has 1 heterocycles. The normalized spacial score (nSPS) is 13.4. The van der Waals surface area contributed by atoms with Gasteiger partial charge in [0.05, 0.1) is 11.2 Å². The second kappa shape index (κ2) is 8.74. The fourth-order valence-electron chi connectivity index (χ4n) is 3.19. The van der Waals surface area contributed by atoms with Crippen LogP contribution in [0.25, 0.3) is 10.9 Å². The van der Waals surface area contributed by atoms with Crippen LogP contribution in [-0.4, -0.2) is 31.5 Å². The topological polar surface area (TPSA) is 94.8 Å². The summed E-state index contributed by atoms with van der Waals surface area (Å²) >= 11 is 3.18. The molecule has 0 amide bonds. The van der Waals surface area contributed by atoms with E-state index in [0.717, 1.165) is 10.6 Å². The van der Waals surface area contributed by atoms with Crippen LogP contribution in [-0.2, 0) is 26.9 Å². The molecule has 148 valence electrons. The lowest BCUT2D eigenvalue weighted by Gasteiger charge is -2.21. The van der Waals surface area contributed by atoms with Crippen LogP contribution in [0.1, 0.15) is 18.0 Å². The summed E-state index contributed by atoms with van der Waals surface area (Å²) in [4.78, 5) is 11.9. The van der Waals surface area contributed by atoms with Gasteiger partial charge in [-0.25, -0.2) is 14.1 Å². The second-order valence-corrected chi connectivity index (χ2v) is 7.22. The standard InChI is InChI=1S/C19H19ClN2O5S/c1-21(27-28(25)26)16-3-2-4-17-15(16)11-12-22(17)18(19(23)24)10-7-13-5-8-14(20)9-6-13/h2-6,8-9,11-12,18H,7,10H2,1H3,(H,23,24)(H,25,26)/p-1. The first-order valence-electron chi connectivity index (χ1n) is 8.45. The number of fused-ring (bicyclic) bond motifs is 1. The number of carboxylic acids is 1. The number of aryl methyl sites for hydroxylation is 1. The minimum absolute atomic E-state index is 0.391. The van der Waals surface area contributed by atoms with Crippen molar-refractivity contribution in [3.63, 3.8) is 0 Å². The molecule has 1 N–H and O–H groups in total. The van der Waals surface area contributed by atoms with E-state index in [0.29, 0.717) is 34.5 Å². The first-order valence-corrected chi connectivity index (χ1v) is 9.83. The van der Waals surface area contributed by atoms with Crippen molar-refractivity contribution in [2.24, 2.45) is 0 Å². The van der Waals surface area contributed by atoms with Crippen molar-refractivity contribution >= 4 is 45.5 Å². The van der Waals surface area contributed by atoms with E-state index in [1.165, 1.54) is 7.05 Å². The van der Waals surface area contributed by atoms with Crippen LogP contribution in [0, 0.1) is 0 Å². The molecule has 0 aliphatic heterocycles. The molecule has 0 bridgehead atoms. The molecule has 0 spiro atoms. The van der Waals surface area contributed by atoms with Crippen LogP contribution in [0.15, 0.2) is 54.7 Å². The maximum atomic E-state index is 11.9. The Bertz CT molecular complexity index is 1010. The van der Waals surface area contributed by atoms with Crippen LogP contribution in [0.3, 0.4) is 0 Å². The lowest BCUT2D eigenvalue weighted by molar-refractivity contribution is -0.141. The number of hydrogen-bond donors (Lipinski definition) is 1. The van der Waals surface area contributed by atoms with Gasteiger partial charge in [0.1, 0.15) is 17.4 Å². The third-order valence-corrected chi connectivity index (χ3v) is 5.09. The van der Waals surface area contributed by atoms with Crippen molar-refractivity contribution in [2.45, 2.75) is 18.9 Å². The first-order chi connectivity index (χ1) is 13.4. The van der Waals surface area contributed by atoms with Crippen molar-refractivity contribution in [1.29, 1.82) is 0 Å². The highest BCUT2D eigenvalue weighted by Crippen LogP contribution is 2.31. The van der Waals surface area contributed by atoms with Gasteiger partial charge in [-0.05, 0) is 48.7 Å². The van der Waals surface area contributed by atoms with Gasteiger partial charge in [-0.1, -0.05) is 29.8 Å². The Morgan fingerprint density at radius 3 is 2.64 bits per heavy atom. The van der Waals surface area contributed by atoms with E-state index < -0.39 is 23.4 Å². The zero-order valence-corrected chi connectivity index (χ0v) is 16.5. The zero-order valence-electron chi connectivity index (χ0n) is 14.9. The summed E-state index contributed by atoms with van der Waals surface area (Å²) in [6.07, 6.45) is 2.66. The molecule has 7 nitrogen and oxygen atoms in total. The smallest absolute Gasteiger partial charge is 0.326 e. The number of hydrogen-bond acceptors (Lipinski definition) is 5. The minimum Gasteiger partial charge on any atom is -0.748 e. The van der Waals surface area contributed by atoms with E-state index in [-0.39, 0.29) is 0 Å². The molecule has 3 aromatic rings. The fourth-order valence-corrected chi connectivity index (χ4v) is 3.57. The van der Waals surface area contributed by atoms with Crippen LogP contribution < -0.4 is 5.06 Å². The lowest BCUT2D eigenvalue weighted by atomic mass is 10.0. The summed E-state index contributed by atoms with van der Waals surface area (Å²) in [6, 6.07) is 13.5. The van der Waals surface area contributed by atoms with Gasteiger partial charge in [0.25, 0.3) is 0 Å². The van der Waals surface area contributed by atoms with Crippen molar-refractivity contribution in [3.8, 4) is 0 Å². The summed E-state index contributed by atoms with van der Waals surface area (Å²) in [5, 5.41) is 12.2. The van der Waals surface area contributed by atoms with Crippen molar-refractivity contribution in [1.82, 2.24) is 4.57 Å². The molecule has 2 atom stereocenters. The highest BCUT2D eigenvalue weighted by Gasteiger charge is 2.22. The van der Waals surface area contributed by atoms with Crippen molar-refractivity contribution in [2.75, 3.05) is 12.1 Å². The fraction of sp³-hybridized carbons (Fsp3) is 0.211. The van der Waals surface area contributed by atoms with Crippen molar-refractivity contribution < 1.29 is 22.9 Å². The molecule has 2 aromatic carbocycles. The number of carboxylic acid groups (broad SMARTS) is 1. The minimum atomic E-state index is -2.71. The lowest BCUT2D eigenvalue weighted by Crippen LogP contribution is -2.20. The molecule has 0 saturated carbocycles. The number of rotatable bonds is 8. The van der Waals surface area contributed by atoms with E-state index in [4.69, 9.17) is 15.9 Å². The molecule has 0 fully saturated rings. The first kappa shape index (κ1) is 20.3. The molecule has 3 rings (SSSR count). The number of anilines is 1. The third kappa shape index (κ3) is 4.53. The molecular weight excluding hydrogens is 404 g/mol. The van der Waals surface area contributed by atoms with E-state index >= 15 is 0 Å². The van der Waals surface area contributed by atoms with Crippen LogP contribution >= 0.6 is 11.6 Å². The Morgan fingerprint density at radius 1 is 1.29 bits per heavy atom. The van der Waals surface area contributed by atoms with Gasteiger partial charge in [0.2, 0.25) is 0 Å². The Balaban J connectivity index is 1.90. The number of benzene rings is 2. The van der Waals surface area contributed by atoms with E-state index in [1.807, 2.05) is 12.1 Å². The summed E-state index contributed by atoms with van der Waals surface area (Å²) in [5.41, 5.74) is 2.19. The number of carbonyl (C=O) groups is 1. The van der Waals surface area contributed by atoms with Crippen LogP contribution in [0.2, 0.25) is 5.02 Å². The van der Waals surface area contributed by atoms with Gasteiger partial charge in [-0.3, -0.25) is 0 Å². The number of aromatic nitrogens is 1. The number of halogens is 1. The Kier molecular flexibility index (Phi) is 6.35. The van der Waals surface area contributed by atoms with E-state index in [1.54, 1.807) is 47.2 Å². The maximum Gasteiger partial charge on any atom is 0.326 e. The quantitative estimate of drug-likeness (QED) is 0.440. The van der Waals surface area contributed by atoms with Crippen LogP contribution in [0.5, 0.6) is 0 Å². The maximum absolute atomic E-state index is 11.9. The SMILES string of the molecule is CN(OS(=O)[O-])c1cccc2c1ccn2C(CCc1ccc(Cl)cc1)C(=O)O. The molecule has 0 saturated heterocycles. The molecule has 28 heavy (non-hydrogen) atoms. The third-order valence-electron chi connectivity index (χ3n) is 4.49. The largest absolute Gasteiger partial charge is 0.748 e. The molecule has 0 aliphatic rings. The average molecular weight is 422 g/mol. The summed E-state index contributed by atoms with van der Waals surface area (Å²) in [7, 11) is 1.47. The highest BCUT2D eigenvalue weighted by molar-refractivity contribution is 7.74. The van der Waals surface area contributed by atoms with Gasteiger partial charge in [0.15, 0.2) is 0 Å². The van der Waals surface area contributed by atoms with Crippen molar-refractivity contribution in [3.05, 3.63) is 65.3 Å². The van der Waals surface area contributed by atoms with Gasteiger partial charge in [-0.2, -0.15) is 4.28 Å². The predicted octanol–water partition coefficient (Wildman–Crippen LogP) is 3.72. The monoisotopic (exact) mass is 421 g/mol. The van der Waals surface area contributed by atoms with Gasteiger partial charge >= 0.3 is 5.97 Å². The molecule has 0 aliphatic carbocycles. The van der Waals surface area contributed by atoms with Crippen LogP contribution in [0.4, 0.5) is 5.69 Å². The highest BCUT2D eigenvalue weighted by atomic mass is 35.5. The molecular formula is C19H18ClN2O5S-. The van der Waals surface area contributed by atoms with Gasteiger partial charge in [0, 0.05) is 23.7 Å². The van der Waals surface area contributed by atoms with Gasteiger partial charge < -0.3 is 14.2 Å². The molecule has 0 radical (unpaired) electrons. The number of aliphatic carboxylic acids is 1. The Morgan fingerprint density at radius 2 is 2.00 bits per heavy atom. The number of hydroxylamine groups is 1. The van der Waals surface area contributed by atoms with E-state index in [9.17, 15) is 18.7 Å².